The molecule has 0 fully saturated rings. The third-order valence-corrected chi connectivity index (χ3v) is 3.43. The Morgan fingerprint density at radius 1 is 1.47 bits per heavy atom. The molecular formula is C13H22N4O2. The lowest BCUT2D eigenvalue weighted by atomic mass is 9.89. The van der Waals surface area contributed by atoms with Crippen molar-refractivity contribution < 1.29 is 9.90 Å². The Morgan fingerprint density at radius 3 is 2.63 bits per heavy atom. The minimum Gasteiger partial charge on any atom is -0.388 e. The number of rotatable bonds is 6. The van der Waals surface area contributed by atoms with Gasteiger partial charge in [0.15, 0.2) is 5.69 Å². The Labute approximate surface area is 113 Å². The second-order valence-electron chi connectivity index (χ2n) is 4.90. The average molecular weight is 266 g/mol. The number of carbonyl (C=O) groups excluding carboxylic acids is 1. The number of aromatic nitrogens is 2. The fourth-order valence-corrected chi connectivity index (χ4v) is 1.56. The van der Waals surface area contributed by atoms with Crippen LogP contribution in [0.25, 0.3) is 0 Å². The highest BCUT2D eigenvalue weighted by atomic mass is 16.3. The maximum atomic E-state index is 11.3. The van der Waals surface area contributed by atoms with E-state index in [2.05, 4.69) is 20.8 Å². The summed E-state index contributed by atoms with van der Waals surface area (Å²) in [5, 5.41) is 23.5. The number of aliphatic hydroxyl groups is 1. The van der Waals surface area contributed by atoms with Crippen LogP contribution < -0.4 is 10.6 Å². The van der Waals surface area contributed by atoms with Crippen molar-refractivity contribution in [1.82, 2.24) is 15.5 Å². The van der Waals surface area contributed by atoms with Gasteiger partial charge in [0.25, 0.3) is 5.91 Å². The molecule has 0 aromatic carbocycles. The first-order chi connectivity index (χ1) is 8.90. The van der Waals surface area contributed by atoms with E-state index in [1.54, 1.807) is 26.1 Å². The van der Waals surface area contributed by atoms with Crippen LogP contribution >= 0.6 is 0 Å². The summed E-state index contributed by atoms with van der Waals surface area (Å²) in [7, 11) is 1.54. The van der Waals surface area contributed by atoms with Crippen LogP contribution in [0.1, 0.15) is 37.7 Å². The second-order valence-corrected chi connectivity index (χ2v) is 4.90. The molecule has 6 nitrogen and oxygen atoms in total. The van der Waals surface area contributed by atoms with Gasteiger partial charge < -0.3 is 15.7 Å². The van der Waals surface area contributed by atoms with Crippen molar-refractivity contribution in [3.8, 4) is 0 Å². The molecule has 1 aromatic rings. The molecule has 0 aliphatic carbocycles. The Kier molecular flexibility index (Phi) is 5.23. The highest BCUT2D eigenvalue weighted by Crippen LogP contribution is 2.20. The first-order valence-corrected chi connectivity index (χ1v) is 6.42. The zero-order chi connectivity index (χ0) is 14.5. The van der Waals surface area contributed by atoms with Crippen LogP contribution in [-0.2, 0) is 0 Å². The SMILES string of the molecule is CCC(C)C(C)(O)CNc1ccc(C(=O)NC)nn1. The highest BCUT2D eigenvalue weighted by molar-refractivity contribution is 5.91. The van der Waals surface area contributed by atoms with E-state index in [4.69, 9.17) is 0 Å². The summed E-state index contributed by atoms with van der Waals surface area (Å²) in [4.78, 5) is 11.3. The predicted octanol–water partition coefficient (Wildman–Crippen LogP) is 1.05. The molecule has 1 amide bonds. The Morgan fingerprint density at radius 2 is 2.16 bits per heavy atom. The standard InChI is InChI=1S/C13H22N4O2/c1-5-9(2)13(3,19)8-15-11-7-6-10(16-17-11)12(18)14-4/h6-7,9,19H,5,8H2,1-4H3,(H,14,18)(H,15,17). The van der Waals surface area contributed by atoms with Crippen LogP contribution in [0.3, 0.4) is 0 Å². The summed E-state index contributed by atoms with van der Waals surface area (Å²) >= 11 is 0. The molecule has 0 aliphatic heterocycles. The fourth-order valence-electron chi connectivity index (χ4n) is 1.56. The van der Waals surface area contributed by atoms with Crippen molar-refractivity contribution in [3.05, 3.63) is 17.8 Å². The third kappa shape index (κ3) is 4.17. The van der Waals surface area contributed by atoms with E-state index < -0.39 is 5.60 Å². The molecule has 106 valence electrons. The van der Waals surface area contributed by atoms with Crippen molar-refractivity contribution >= 4 is 11.7 Å². The molecule has 0 aliphatic rings. The predicted molar refractivity (Wildman–Crippen MR) is 74.0 cm³/mol. The molecule has 3 N–H and O–H groups in total. The van der Waals surface area contributed by atoms with Crippen LogP contribution in [0.5, 0.6) is 0 Å². The summed E-state index contributed by atoms with van der Waals surface area (Å²) in [6.07, 6.45) is 0.899. The molecule has 6 heteroatoms. The van der Waals surface area contributed by atoms with E-state index >= 15 is 0 Å². The van der Waals surface area contributed by atoms with E-state index in [1.165, 1.54) is 0 Å². The van der Waals surface area contributed by atoms with E-state index in [9.17, 15) is 9.90 Å². The van der Waals surface area contributed by atoms with Gasteiger partial charge in [0.1, 0.15) is 5.82 Å². The quantitative estimate of drug-likeness (QED) is 0.716. The van der Waals surface area contributed by atoms with Gasteiger partial charge in [-0.05, 0) is 25.0 Å². The van der Waals surface area contributed by atoms with Gasteiger partial charge in [-0.2, -0.15) is 0 Å². The topological polar surface area (TPSA) is 87.1 Å². The van der Waals surface area contributed by atoms with Gasteiger partial charge >= 0.3 is 0 Å². The summed E-state index contributed by atoms with van der Waals surface area (Å²) in [5.41, 5.74) is -0.544. The smallest absolute Gasteiger partial charge is 0.271 e. The summed E-state index contributed by atoms with van der Waals surface area (Å²) in [6.45, 7) is 6.22. The summed E-state index contributed by atoms with van der Waals surface area (Å²) in [5.74, 6) is 0.444. The lowest BCUT2D eigenvalue weighted by Gasteiger charge is -2.29. The first kappa shape index (κ1) is 15.4. The van der Waals surface area contributed by atoms with Crippen molar-refractivity contribution in [3.63, 3.8) is 0 Å². The van der Waals surface area contributed by atoms with Gasteiger partial charge in [-0.15, -0.1) is 10.2 Å². The molecule has 0 saturated carbocycles. The Balaban J connectivity index is 2.62. The second kappa shape index (κ2) is 6.47. The summed E-state index contributed by atoms with van der Waals surface area (Å²) < 4.78 is 0. The van der Waals surface area contributed by atoms with E-state index in [0.717, 1.165) is 6.42 Å². The molecule has 1 aromatic heterocycles. The molecule has 2 atom stereocenters. The Bertz CT molecular complexity index is 417. The van der Waals surface area contributed by atoms with Crippen LogP contribution in [0, 0.1) is 5.92 Å². The maximum Gasteiger partial charge on any atom is 0.271 e. The minimum atomic E-state index is -0.810. The number of anilines is 1. The van der Waals surface area contributed by atoms with Gasteiger partial charge in [-0.3, -0.25) is 4.79 Å². The van der Waals surface area contributed by atoms with Gasteiger partial charge in [0.05, 0.1) is 5.60 Å². The molecule has 0 bridgehead atoms. The molecule has 0 radical (unpaired) electrons. The van der Waals surface area contributed by atoms with Gasteiger partial charge in [-0.1, -0.05) is 20.3 Å². The normalized spacial score (nSPS) is 15.4. The van der Waals surface area contributed by atoms with Crippen LogP contribution in [0.2, 0.25) is 0 Å². The van der Waals surface area contributed by atoms with Crippen molar-refractivity contribution in [2.75, 3.05) is 18.9 Å². The van der Waals surface area contributed by atoms with Crippen molar-refractivity contribution in [1.29, 1.82) is 0 Å². The largest absolute Gasteiger partial charge is 0.388 e. The molecule has 1 heterocycles. The number of nitrogens with zero attached hydrogens (tertiary/aromatic N) is 2. The Hall–Kier alpha value is -1.69. The van der Waals surface area contributed by atoms with Gasteiger partial charge in [-0.25, -0.2) is 0 Å². The maximum absolute atomic E-state index is 11.3. The molecule has 19 heavy (non-hydrogen) atoms. The third-order valence-electron chi connectivity index (χ3n) is 3.43. The zero-order valence-corrected chi connectivity index (χ0v) is 11.9. The van der Waals surface area contributed by atoms with Crippen LogP contribution in [0.4, 0.5) is 5.82 Å². The first-order valence-electron chi connectivity index (χ1n) is 6.42. The van der Waals surface area contributed by atoms with Crippen molar-refractivity contribution in [2.45, 2.75) is 32.8 Å². The molecule has 0 spiro atoms. The fraction of sp³-hybridized carbons (Fsp3) is 0.615. The number of amides is 1. The lowest BCUT2D eigenvalue weighted by Crippen LogP contribution is -2.40. The van der Waals surface area contributed by atoms with Gasteiger partial charge in [0.2, 0.25) is 0 Å². The van der Waals surface area contributed by atoms with Gasteiger partial charge in [0, 0.05) is 13.6 Å². The molecule has 2 unspecified atom stereocenters. The number of nitrogens with one attached hydrogen (secondary N) is 2. The highest BCUT2D eigenvalue weighted by Gasteiger charge is 2.26. The lowest BCUT2D eigenvalue weighted by molar-refractivity contribution is 0.0175. The van der Waals surface area contributed by atoms with E-state index in [0.29, 0.717) is 12.4 Å². The van der Waals surface area contributed by atoms with Crippen LogP contribution in [0.15, 0.2) is 12.1 Å². The van der Waals surface area contributed by atoms with Crippen LogP contribution in [-0.4, -0.2) is 40.4 Å². The molecule has 0 saturated heterocycles. The molecular weight excluding hydrogens is 244 g/mol. The number of hydrogen-bond donors (Lipinski definition) is 3. The zero-order valence-electron chi connectivity index (χ0n) is 11.9. The molecule has 1 rings (SSSR count). The average Bonchev–Trinajstić information content (AvgIpc) is 2.43. The monoisotopic (exact) mass is 266 g/mol. The number of hydrogen-bond acceptors (Lipinski definition) is 5. The van der Waals surface area contributed by atoms with E-state index in [1.807, 2.05) is 13.8 Å². The minimum absolute atomic E-state index is 0.179. The van der Waals surface area contributed by atoms with Crippen molar-refractivity contribution in [2.24, 2.45) is 5.92 Å². The summed E-state index contributed by atoms with van der Waals surface area (Å²) in [6, 6.07) is 3.26. The number of carbonyl (C=O) groups is 1. The van der Waals surface area contributed by atoms with E-state index in [-0.39, 0.29) is 17.5 Å².